The third-order valence-corrected chi connectivity index (χ3v) is 5.13. The van der Waals surface area contributed by atoms with Crippen molar-refractivity contribution in [2.24, 2.45) is 0 Å². The Bertz CT molecular complexity index is 925. The Morgan fingerprint density at radius 2 is 1.84 bits per heavy atom. The predicted octanol–water partition coefficient (Wildman–Crippen LogP) is 3.02. The number of halogens is 1. The van der Waals surface area contributed by atoms with Crippen LogP contribution in [0.3, 0.4) is 0 Å². The number of sulfonamides is 1. The first-order valence-corrected chi connectivity index (χ1v) is 8.84. The molecular weight excluding hydrogens is 349 g/mol. The maximum atomic E-state index is 13.2. The van der Waals surface area contributed by atoms with Crippen LogP contribution in [0.25, 0.3) is 0 Å². The molecule has 0 aromatic heterocycles. The zero-order chi connectivity index (χ0) is 18.8. The van der Waals surface area contributed by atoms with Gasteiger partial charge in [-0.05, 0) is 56.2 Å². The monoisotopic (exact) mass is 367 g/mol. The Hall–Kier alpha value is -2.61. The summed E-state index contributed by atoms with van der Waals surface area (Å²) in [6.07, 6.45) is 0. The molecule has 0 aliphatic carbocycles. The van der Waals surface area contributed by atoms with Crippen molar-refractivity contribution in [1.82, 2.24) is 0 Å². The van der Waals surface area contributed by atoms with Gasteiger partial charge in [-0.2, -0.15) is 0 Å². The SMILES string of the molecule is Cc1cc(F)ccc1NS(=O)(=O)c1ccc(C)c(OCC(=O)O)c1C. The lowest BCUT2D eigenvalue weighted by molar-refractivity contribution is -0.139. The van der Waals surface area contributed by atoms with E-state index in [1.807, 2.05) is 0 Å². The molecule has 0 atom stereocenters. The molecule has 6 nitrogen and oxygen atoms in total. The highest BCUT2D eigenvalue weighted by molar-refractivity contribution is 7.92. The fraction of sp³-hybridized carbons (Fsp3) is 0.235. The average Bonchev–Trinajstić information content (AvgIpc) is 2.49. The summed E-state index contributed by atoms with van der Waals surface area (Å²) in [6.45, 7) is 4.24. The quantitative estimate of drug-likeness (QED) is 0.819. The van der Waals surface area contributed by atoms with Crippen LogP contribution in [0.5, 0.6) is 5.75 Å². The van der Waals surface area contributed by atoms with E-state index in [1.54, 1.807) is 13.8 Å². The van der Waals surface area contributed by atoms with E-state index in [0.717, 1.165) is 6.07 Å². The fourth-order valence-electron chi connectivity index (χ4n) is 2.40. The van der Waals surface area contributed by atoms with Crippen molar-refractivity contribution in [2.45, 2.75) is 25.7 Å². The van der Waals surface area contributed by atoms with Crippen LogP contribution in [0.4, 0.5) is 10.1 Å². The average molecular weight is 367 g/mol. The third-order valence-electron chi connectivity index (χ3n) is 3.62. The first-order valence-electron chi connectivity index (χ1n) is 7.35. The van der Waals surface area contributed by atoms with E-state index in [2.05, 4.69) is 4.72 Å². The zero-order valence-electron chi connectivity index (χ0n) is 14.0. The molecule has 0 aliphatic heterocycles. The highest BCUT2D eigenvalue weighted by Gasteiger charge is 2.21. The van der Waals surface area contributed by atoms with Crippen LogP contribution in [0.2, 0.25) is 0 Å². The van der Waals surface area contributed by atoms with Crippen molar-refractivity contribution >= 4 is 21.7 Å². The molecule has 0 saturated heterocycles. The Labute approximate surface area is 145 Å². The minimum Gasteiger partial charge on any atom is -0.481 e. The summed E-state index contributed by atoms with van der Waals surface area (Å²) in [6, 6.07) is 6.68. The second-order valence-corrected chi connectivity index (χ2v) is 7.23. The maximum absolute atomic E-state index is 13.2. The van der Waals surface area contributed by atoms with Gasteiger partial charge in [-0.15, -0.1) is 0 Å². The first-order chi connectivity index (χ1) is 11.6. The summed E-state index contributed by atoms with van der Waals surface area (Å²) in [5, 5.41) is 8.75. The molecule has 0 amide bonds. The van der Waals surface area contributed by atoms with Gasteiger partial charge in [-0.3, -0.25) is 4.72 Å². The minimum absolute atomic E-state index is 0.0396. The van der Waals surface area contributed by atoms with Crippen molar-refractivity contribution in [3.63, 3.8) is 0 Å². The van der Waals surface area contributed by atoms with Crippen molar-refractivity contribution in [3.8, 4) is 5.75 Å². The Morgan fingerprint density at radius 3 is 2.44 bits per heavy atom. The smallest absolute Gasteiger partial charge is 0.341 e. The summed E-state index contributed by atoms with van der Waals surface area (Å²) >= 11 is 0. The molecule has 134 valence electrons. The van der Waals surface area contributed by atoms with Crippen LogP contribution in [-0.4, -0.2) is 26.1 Å². The number of aryl methyl sites for hydroxylation is 2. The molecule has 0 bridgehead atoms. The summed E-state index contributed by atoms with van der Waals surface area (Å²) in [5.74, 6) is -1.41. The number of anilines is 1. The largest absolute Gasteiger partial charge is 0.481 e. The number of hydrogen-bond acceptors (Lipinski definition) is 4. The molecule has 0 heterocycles. The number of benzene rings is 2. The number of aliphatic carboxylic acids is 1. The van der Waals surface area contributed by atoms with Gasteiger partial charge in [0.2, 0.25) is 0 Å². The van der Waals surface area contributed by atoms with Gasteiger partial charge in [0.25, 0.3) is 10.0 Å². The van der Waals surface area contributed by atoms with Gasteiger partial charge < -0.3 is 9.84 Å². The topological polar surface area (TPSA) is 92.7 Å². The molecular formula is C17H18FNO5S. The van der Waals surface area contributed by atoms with E-state index in [4.69, 9.17) is 9.84 Å². The number of rotatable bonds is 6. The molecule has 8 heteroatoms. The van der Waals surface area contributed by atoms with Crippen molar-refractivity contribution in [1.29, 1.82) is 0 Å². The van der Waals surface area contributed by atoms with Gasteiger partial charge in [0, 0.05) is 5.56 Å². The fourth-order valence-corrected chi connectivity index (χ4v) is 3.77. The Morgan fingerprint density at radius 1 is 1.16 bits per heavy atom. The van der Waals surface area contributed by atoms with Crippen molar-refractivity contribution in [2.75, 3.05) is 11.3 Å². The van der Waals surface area contributed by atoms with E-state index in [1.165, 1.54) is 31.2 Å². The number of carbonyl (C=O) groups is 1. The Kier molecular flexibility index (Phi) is 5.32. The van der Waals surface area contributed by atoms with E-state index >= 15 is 0 Å². The third kappa shape index (κ3) is 4.27. The van der Waals surface area contributed by atoms with Crippen molar-refractivity contribution in [3.05, 3.63) is 52.8 Å². The molecule has 2 N–H and O–H groups in total. The van der Waals surface area contributed by atoms with E-state index in [-0.39, 0.29) is 16.3 Å². The summed E-state index contributed by atoms with van der Waals surface area (Å²) in [5.41, 5.74) is 1.62. The summed E-state index contributed by atoms with van der Waals surface area (Å²) in [7, 11) is -3.96. The normalized spacial score (nSPS) is 11.2. The van der Waals surface area contributed by atoms with Gasteiger partial charge in [0.1, 0.15) is 11.6 Å². The Balaban J connectivity index is 2.42. The van der Waals surface area contributed by atoms with Crippen LogP contribution in [-0.2, 0) is 14.8 Å². The van der Waals surface area contributed by atoms with Gasteiger partial charge in [-0.1, -0.05) is 6.07 Å². The van der Waals surface area contributed by atoms with Crippen LogP contribution in [0, 0.1) is 26.6 Å². The van der Waals surface area contributed by atoms with Gasteiger partial charge in [0.15, 0.2) is 6.61 Å². The number of nitrogens with one attached hydrogen (secondary N) is 1. The lowest BCUT2D eigenvalue weighted by Gasteiger charge is -2.16. The van der Waals surface area contributed by atoms with E-state index in [0.29, 0.717) is 16.7 Å². The molecule has 0 aliphatic rings. The molecule has 25 heavy (non-hydrogen) atoms. The molecule has 0 spiro atoms. The van der Waals surface area contributed by atoms with Crippen LogP contribution in [0.15, 0.2) is 35.2 Å². The molecule has 2 aromatic rings. The molecule has 0 saturated carbocycles. The summed E-state index contributed by atoms with van der Waals surface area (Å²) in [4.78, 5) is 10.7. The molecule has 0 radical (unpaired) electrons. The van der Waals surface area contributed by atoms with Gasteiger partial charge in [-0.25, -0.2) is 17.6 Å². The van der Waals surface area contributed by atoms with Crippen molar-refractivity contribution < 1.29 is 27.4 Å². The number of hydrogen-bond donors (Lipinski definition) is 2. The second-order valence-electron chi connectivity index (χ2n) is 5.58. The number of carboxylic acids is 1. The highest BCUT2D eigenvalue weighted by atomic mass is 32.2. The van der Waals surface area contributed by atoms with Gasteiger partial charge in [0.05, 0.1) is 10.6 Å². The molecule has 0 unspecified atom stereocenters. The maximum Gasteiger partial charge on any atom is 0.341 e. The van der Waals surface area contributed by atoms with E-state index in [9.17, 15) is 17.6 Å². The molecule has 0 fully saturated rings. The predicted molar refractivity (Wildman–Crippen MR) is 91.0 cm³/mol. The molecule has 2 rings (SSSR count). The van der Waals surface area contributed by atoms with E-state index < -0.39 is 28.4 Å². The second kappa shape index (κ2) is 7.10. The zero-order valence-corrected chi connectivity index (χ0v) is 14.8. The van der Waals surface area contributed by atoms with Crippen LogP contribution < -0.4 is 9.46 Å². The van der Waals surface area contributed by atoms with Crippen LogP contribution >= 0.6 is 0 Å². The molecule has 2 aromatic carbocycles. The number of carboxylic acid groups (broad SMARTS) is 1. The van der Waals surface area contributed by atoms with Crippen LogP contribution in [0.1, 0.15) is 16.7 Å². The lowest BCUT2D eigenvalue weighted by atomic mass is 10.1. The standard InChI is InChI=1S/C17H18FNO5S/c1-10-4-7-15(12(3)17(10)24-9-16(20)21)25(22,23)19-14-6-5-13(18)8-11(14)2/h4-8,19H,9H2,1-3H3,(H,20,21). The number of ether oxygens (including phenoxy) is 1. The first kappa shape index (κ1) is 18.7. The lowest BCUT2D eigenvalue weighted by Crippen LogP contribution is -2.17. The highest BCUT2D eigenvalue weighted by Crippen LogP contribution is 2.30. The minimum atomic E-state index is -3.96. The summed E-state index contributed by atoms with van der Waals surface area (Å²) < 4.78 is 46.2. The van der Waals surface area contributed by atoms with Gasteiger partial charge >= 0.3 is 5.97 Å².